The Morgan fingerprint density at radius 3 is 2.73 bits per heavy atom. The quantitative estimate of drug-likeness (QED) is 0.883. The van der Waals surface area contributed by atoms with Gasteiger partial charge in [0, 0.05) is 5.56 Å². The van der Waals surface area contributed by atoms with Gasteiger partial charge in [0.05, 0.1) is 46.3 Å². The molecule has 0 spiro atoms. The fourth-order valence-corrected chi connectivity index (χ4v) is 4.83. The van der Waals surface area contributed by atoms with E-state index in [4.69, 9.17) is 5.26 Å². The van der Waals surface area contributed by atoms with Crippen LogP contribution in [0.2, 0.25) is 0 Å². The van der Waals surface area contributed by atoms with Crippen molar-refractivity contribution in [3.63, 3.8) is 0 Å². The fraction of sp³-hybridized carbons (Fsp3) is 0.353. The number of hydrogen-bond acceptors (Lipinski definition) is 5. The lowest BCUT2D eigenvalue weighted by atomic mass is 10.1. The Kier molecular flexibility index (Phi) is 4.54. The zero-order chi connectivity index (χ0) is 19.1. The number of carbonyl (C=O) groups excluding carboxylic acids is 1. The van der Waals surface area contributed by atoms with Crippen molar-refractivity contribution >= 4 is 21.4 Å². The van der Waals surface area contributed by atoms with Crippen molar-refractivity contribution in [1.82, 2.24) is 9.78 Å². The Balaban J connectivity index is 1.88. The standard InChI is InChI=1S/C17H17FN4O3S/c1-10-16(11(2)22(21-10)15-3-4-26(24,25)9-15)20-17(23)13-5-12(8-19)6-14(18)7-13/h5-7,15H,3-4,9H2,1-2H3,(H,20,23). The van der Waals surface area contributed by atoms with E-state index in [0.29, 0.717) is 23.5 Å². The van der Waals surface area contributed by atoms with Gasteiger partial charge in [-0.15, -0.1) is 0 Å². The van der Waals surface area contributed by atoms with E-state index in [-0.39, 0.29) is 28.7 Å². The summed E-state index contributed by atoms with van der Waals surface area (Å²) in [6, 6.07) is 4.95. The van der Waals surface area contributed by atoms with Crippen molar-refractivity contribution in [3.8, 4) is 6.07 Å². The van der Waals surface area contributed by atoms with Crippen LogP contribution in [0.5, 0.6) is 0 Å². The summed E-state index contributed by atoms with van der Waals surface area (Å²) in [4.78, 5) is 12.5. The Hall–Kier alpha value is -2.73. The Bertz CT molecular complexity index is 1040. The Morgan fingerprint density at radius 2 is 2.12 bits per heavy atom. The molecule has 7 nitrogen and oxygen atoms in total. The van der Waals surface area contributed by atoms with Crippen LogP contribution in [0.4, 0.5) is 10.1 Å². The number of aromatic nitrogens is 2. The van der Waals surface area contributed by atoms with Crippen molar-refractivity contribution in [1.29, 1.82) is 5.26 Å². The van der Waals surface area contributed by atoms with Gasteiger partial charge in [0.25, 0.3) is 5.91 Å². The highest BCUT2D eigenvalue weighted by Crippen LogP contribution is 2.29. The number of amides is 1. The SMILES string of the molecule is Cc1nn(C2CCS(=O)(=O)C2)c(C)c1NC(=O)c1cc(F)cc(C#N)c1. The number of nitrogens with zero attached hydrogens (tertiary/aromatic N) is 3. The molecule has 1 saturated heterocycles. The molecule has 1 unspecified atom stereocenters. The lowest BCUT2D eigenvalue weighted by Gasteiger charge is -2.12. The van der Waals surface area contributed by atoms with Crippen molar-refractivity contribution in [3.05, 3.63) is 46.5 Å². The topological polar surface area (TPSA) is 105 Å². The minimum atomic E-state index is -3.06. The summed E-state index contributed by atoms with van der Waals surface area (Å²) < 4.78 is 38.6. The average Bonchev–Trinajstić information content (AvgIpc) is 3.07. The maximum Gasteiger partial charge on any atom is 0.255 e. The number of nitriles is 1. The van der Waals surface area contributed by atoms with Crippen LogP contribution in [-0.2, 0) is 9.84 Å². The van der Waals surface area contributed by atoms with Crippen molar-refractivity contribution in [2.45, 2.75) is 26.3 Å². The molecule has 1 aliphatic rings. The van der Waals surface area contributed by atoms with E-state index in [0.717, 1.165) is 12.1 Å². The molecule has 1 atom stereocenters. The van der Waals surface area contributed by atoms with E-state index in [1.54, 1.807) is 24.6 Å². The average molecular weight is 376 g/mol. The van der Waals surface area contributed by atoms with Crippen LogP contribution in [0.1, 0.15) is 39.8 Å². The number of aryl methyl sites for hydroxylation is 1. The molecule has 0 radical (unpaired) electrons. The van der Waals surface area contributed by atoms with Crippen LogP contribution in [0, 0.1) is 31.0 Å². The predicted octanol–water partition coefficient (Wildman–Crippen LogP) is 2.12. The zero-order valence-corrected chi connectivity index (χ0v) is 15.1. The molecule has 1 fully saturated rings. The summed E-state index contributed by atoms with van der Waals surface area (Å²) >= 11 is 0. The molecule has 0 aliphatic carbocycles. The monoisotopic (exact) mass is 376 g/mol. The predicted molar refractivity (Wildman–Crippen MR) is 93.1 cm³/mol. The number of benzene rings is 1. The van der Waals surface area contributed by atoms with Gasteiger partial charge in [-0.1, -0.05) is 0 Å². The molecule has 1 aromatic heterocycles. The summed E-state index contributed by atoms with van der Waals surface area (Å²) in [6.07, 6.45) is 0.479. The first-order chi connectivity index (χ1) is 12.2. The van der Waals surface area contributed by atoms with Crippen molar-refractivity contribution < 1.29 is 17.6 Å². The first-order valence-electron chi connectivity index (χ1n) is 7.98. The van der Waals surface area contributed by atoms with Crippen molar-refractivity contribution in [2.75, 3.05) is 16.8 Å². The second kappa shape index (κ2) is 6.53. The lowest BCUT2D eigenvalue weighted by Crippen LogP contribution is -2.16. The van der Waals surface area contributed by atoms with Crippen molar-refractivity contribution in [2.24, 2.45) is 0 Å². The van der Waals surface area contributed by atoms with Gasteiger partial charge < -0.3 is 5.32 Å². The van der Waals surface area contributed by atoms with E-state index >= 15 is 0 Å². The molecule has 136 valence electrons. The van der Waals surface area contributed by atoms with Crippen LogP contribution < -0.4 is 5.32 Å². The summed E-state index contributed by atoms with van der Waals surface area (Å²) in [6.45, 7) is 3.45. The molecule has 0 bridgehead atoms. The maximum atomic E-state index is 13.5. The van der Waals surface area contributed by atoms with Crippen LogP contribution in [0.3, 0.4) is 0 Å². The van der Waals surface area contributed by atoms with Crippen LogP contribution in [0.25, 0.3) is 0 Å². The Labute approximate surface area is 150 Å². The largest absolute Gasteiger partial charge is 0.319 e. The molecule has 2 heterocycles. The van der Waals surface area contributed by atoms with E-state index < -0.39 is 21.6 Å². The van der Waals surface area contributed by atoms with Gasteiger partial charge in [-0.25, -0.2) is 12.8 Å². The summed E-state index contributed by atoms with van der Waals surface area (Å²) in [5.41, 5.74) is 1.71. The molecule has 9 heteroatoms. The summed E-state index contributed by atoms with van der Waals surface area (Å²) in [7, 11) is -3.06. The normalized spacial score (nSPS) is 18.5. The Morgan fingerprint density at radius 1 is 1.38 bits per heavy atom. The number of halogens is 1. The number of hydrogen-bond donors (Lipinski definition) is 1. The van der Waals surface area contributed by atoms with Crippen LogP contribution >= 0.6 is 0 Å². The minimum Gasteiger partial charge on any atom is -0.319 e. The van der Waals surface area contributed by atoms with E-state index in [1.807, 2.05) is 0 Å². The number of nitrogens with one attached hydrogen (secondary N) is 1. The molecule has 1 N–H and O–H groups in total. The molecule has 0 saturated carbocycles. The number of anilines is 1. The number of carbonyl (C=O) groups is 1. The zero-order valence-electron chi connectivity index (χ0n) is 14.3. The first-order valence-corrected chi connectivity index (χ1v) is 9.80. The third-order valence-corrected chi connectivity index (χ3v) is 6.16. The van der Waals surface area contributed by atoms with Gasteiger partial charge in [-0.2, -0.15) is 10.4 Å². The van der Waals surface area contributed by atoms with Gasteiger partial charge in [-0.3, -0.25) is 9.48 Å². The maximum absolute atomic E-state index is 13.5. The van der Waals surface area contributed by atoms with E-state index in [2.05, 4.69) is 10.4 Å². The van der Waals surface area contributed by atoms with Gasteiger partial charge in [0.1, 0.15) is 5.82 Å². The van der Waals surface area contributed by atoms with E-state index in [1.165, 1.54) is 6.07 Å². The molecule has 2 aromatic rings. The first kappa shape index (κ1) is 18.1. The van der Waals surface area contributed by atoms with Gasteiger partial charge in [0.15, 0.2) is 9.84 Å². The highest BCUT2D eigenvalue weighted by Gasteiger charge is 2.31. The third-order valence-electron chi connectivity index (χ3n) is 4.41. The molecule has 26 heavy (non-hydrogen) atoms. The number of rotatable bonds is 3. The third kappa shape index (κ3) is 3.46. The molecule has 1 amide bonds. The molecule has 1 aromatic carbocycles. The van der Waals surface area contributed by atoms with Crippen LogP contribution in [0.15, 0.2) is 18.2 Å². The second-order valence-corrected chi connectivity index (χ2v) is 8.57. The van der Waals surface area contributed by atoms with Gasteiger partial charge >= 0.3 is 0 Å². The molecular formula is C17H17FN4O3S. The summed E-state index contributed by atoms with van der Waals surface area (Å²) in [5, 5.41) is 16.0. The number of sulfone groups is 1. The highest BCUT2D eigenvalue weighted by molar-refractivity contribution is 7.91. The fourth-order valence-electron chi connectivity index (χ4n) is 3.14. The van der Waals surface area contributed by atoms with Crippen LogP contribution in [-0.4, -0.2) is 35.6 Å². The summed E-state index contributed by atoms with van der Waals surface area (Å²) in [5.74, 6) is -1.09. The van der Waals surface area contributed by atoms with Gasteiger partial charge in [-0.05, 0) is 38.5 Å². The second-order valence-electron chi connectivity index (χ2n) is 6.34. The molecule has 1 aliphatic heterocycles. The molecule has 3 rings (SSSR count). The highest BCUT2D eigenvalue weighted by atomic mass is 32.2. The van der Waals surface area contributed by atoms with Gasteiger partial charge in [0.2, 0.25) is 0 Å². The van der Waals surface area contributed by atoms with E-state index in [9.17, 15) is 17.6 Å². The molecular weight excluding hydrogens is 359 g/mol. The smallest absolute Gasteiger partial charge is 0.255 e. The minimum absolute atomic E-state index is 0.0246. The lowest BCUT2D eigenvalue weighted by molar-refractivity contribution is 0.102.